The number of hydrogen-bond donors (Lipinski definition) is 1. The van der Waals surface area contributed by atoms with Crippen LogP contribution >= 0.6 is 0 Å². The first-order chi connectivity index (χ1) is 20.4. The number of aromatic nitrogens is 3. The number of pyridine rings is 1. The maximum atomic E-state index is 12.7. The number of methoxy groups -OCH3 is 2. The summed E-state index contributed by atoms with van der Waals surface area (Å²) in [6, 6.07) is 14.4. The van der Waals surface area contributed by atoms with Crippen molar-refractivity contribution in [3.8, 4) is 11.5 Å². The predicted molar refractivity (Wildman–Crippen MR) is 159 cm³/mol. The summed E-state index contributed by atoms with van der Waals surface area (Å²) in [6.07, 6.45) is 7.92. The third kappa shape index (κ3) is 5.07. The van der Waals surface area contributed by atoms with Crippen LogP contribution < -0.4 is 14.8 Å². The SMILES string of the molecule is COc1cc(Nc2ccc3ncc(C4=CN(CCCN5C(=O)c6ccccc6C5=O)C=C=C4)nc3n2)c(C)c(OC)c1. The van der Waals surface area contributed by atoms with Crippen LogP contribution in [-0.2, 0) is 0 Å². The van der Waals surface area contributed by atoms with Crippen molar-refractivity contribution in [3.05, 3.63) is 101 Å². The number of rotatable bonds is 9. The van der Waals surface area contributed by atoms with Gasteiger partial charge < -0.3 is 19.7 Å². The van der Waals surface area contributed by atoms with E-state index >= 15 is 0 Å². The second kappa shape index (κ2) is 11.2. The van der Waals surface area contributed by atoms with Crippen LogP contribution in [-0.4, -0.2) is 63.9 Å². The van der Waals surface area contributed by atoms with Gasteiger partial charge >= 0.3 is 0 Å². The number of fused-ring (bicyclic) bond motifs is 2. The van der Waals surface area contributed by atoms with Crippen LogP contribution in [0.25, 0.3) is 16.7 Å². The van der Waals surface area contributed by atoms with E-state index in [0.29, 0.717) is 64.8 Å². The molecule has 0 spiro atoms. The van der Waals surface area contributed by atoms with Gasteiger partial charge in [0.1, 0.15) is 22.8 Å². The summed E-state index contributed by atoms with van der Waals surface area (Å²) in [5.41, 5.74) is 8.43. The Hall–Kier alpha value is -5.47. The summed E-state index contributed by atoms with van der Waals surface area (Å²) in [6.45, 7) is 2.88. The number of ether oxygens (including phenoxy) is 2. The molecule has 0 unspecified atom stereocenters. The zero-order valence-corrected chi connectivity index (χ0v) is 23.4. The number of amides is 2. The van der Waals surface area contributed by atoms with Gasteiger partial charge in [0.15, 0.2) is 5.65 Å². The monoisotopic (exact) mass is 560 g/mol. The number of benzene rings is 2. The van der Waals surface area contributed by atoms with Gasteiger partial charge in [-0.3, -0.25) is 19.5 Å². The van der Waals surface area contributed by atoms with Gasteiger partial charge in [0.05, 0.1) is 37.2 Å². The quantitative estimate of drug-likeness (QED) is 0.221. The van der Waals surface area contributed by atoms with Gasteiger partial charge in [-0.15, -0.1) is 5.73 Å². The van der Waals surface area contributed by atoms with E-state index in [1.807, 2.05) is 54.6 Å². The summed E-state index contributed by atoms with van der Waals surface area (Å²) in [4.78, 5) is 42.6. The molecule has 4 aromatic rings. The number of nitrogens with one attached hydrogen (secondary N) is 1. The van der Waals surface area contributed by atoms with Crippen molar-refractivity contribution in [2.45, 2.75) is 13.3 Å². The number of hydrogen-bond acceptors (Lipinski definition) is 9. The van der Waals surface area contributed by atoms with Crippen molar-refractivity contribution in [3.63, 3.8) is 0 Å². The molecule has 210 valence electrons. The van der Waals surface area contributed by atoms with E-state index in [0.717, 1.165) is 16.8 Å². The summed E-state index contributed by atoms with van der Waals surface area (Å²) in [7, 11) is 3.23. The highest BCUT2D eigenvalue weighted by atomic mass is 16.5. The lowest BCUT2D eigenvalue weighted by Crippen LogP contribution is -2.32. The molecule has 0 saturated heterocycles. The number of nitrogens with zero attached hydrogens (tertiary/aromatic N) is 5. The normalized spacial score (nSPS) is 13.9. The lowest BCUT2D eigenvalue weighted by molar-refractivity contribution is 0.0650. The van der Waals surface area contributed by atoms with Gasteiger partial charge in [-0.05, 0) is 43.7 Å². The van der Waals surface area contributed by atoms with Crippen molar-refractivity contribution >= 4 is 40.1 Å². The molecule has 6 rings (SSSR count). The molecule has 0 radical (unpaired) electrons. The highest BCUT2D eigenvalue weighted by Crippen LogP contribution is 2.33. The summed E-state index contributed by atoms with van der Waals surface area (Å²) >= 11 is 0. The largest absolute Gasteiger partial charge is 0.497 e. The average molecular weight is 561 g/mol. The first-order valence-corrected chi connectivity index (χ1v) is 13.4. The van der Waals surface area contributed by atoms with E-state index in [4.69, 9.17) is 19.4 Å². The van der Waals surface area contributed by atoms with Crippen LogP contribution in [0.1, 0.15) is 38.4 Å². The van der Waals surface area contributed by atoms with Crippen molar-refractivity contribution in [1.29, 1.82) is 0 Å². The molecule has 2 amide bonds. The molecule has 10 nitrogen and oxygen atoms in total. The number of imide groups is 1. The molecule has 0 atom stereocenters. The number of anilines is 2. The maximum Gasteiger partial charge on any atom is 0.261 e. The standard InChI is InChI=1S/C32H28N6O4/c1-20-26(16-22(41-2)17-28(20)42-3)34-29-12-11-25-30(36-29)35-27(18-33-25)21-8-6-13-37(19-21)14-7-15-38-31(39)23-9-4-5-10-24(23)32(38)40/h4-5,8-13,16-19H,7,14-15H2,1-3H3,(H,34,35,36). The van der Waals surface area contributed by atoms with E-state index in [-0.39, 0.29) is 11.8 Å². The van der Waals surface area contributed by atoms with Crippen molar-refractivity contribution in [2.75, 3.05) is 32.6 Å². The van der Waals surface area contributed by atoms with Crippen LogP contribution in [0.15, 0.2) is 78.9 Å². The minimum absolute atomic E-state index is 0.241. The molecule has 0 saturated carbocycles. The Kier molecular flexibility index (Phi) is 7.12. The molecule has 2 aromatic carbocycles. The van der Waals surface area contributed by atoms with Crippen LogP contribution in [0.3, 0.4) is 0 Å². The average Bonchev–Trinajstić information content (AvgIpc) is 3.26. The summed E-state index contributed by atoms with van der Waals surface area (Å²) in [5.74, 6) is 1.50. The zero-order chi connectivity index (χ0) is 29.2. The van der Waals surface area contributed by atoms with Crippen molar-refractivity contribution in [2.24, 2.45) is 0 Å². The molecule has 0 fully saturated rings. The van der Waals surface area contributed by atoms with E-state index in [2.05, 4.69) is 16.0 Å². The van der Waals surface area contributed by atoms with E-state index in [9.17, 15) is 9.59 Å². The Balaban J connectivity index is 1.16. The van der Waals surface area contributed by atoms with Crippen molar-refractivity contribution < 1.29 is 19.1 Å². The topological polar surface area (TPSA) is 110 Å². The molecule has 0 aliphatic carbocycles. The Bertz CT molecular complexity index is 1790. The Morgan fingerprint density at radius 2 is 1.74 bits per heavy atom. The summed E-state index contributed by atoms with van der Waals surface area (Å²) < 4.78 is 10.9. The van der Waals surface area contributed by atoms with Gasteiger partial charge in [-0.25, -0.2) is 9.97 Å². The zero-order valence-electron chi connectivity index (χ0n) is 23.4. The Labute approximate surface area is 242 Å². The number of allylic oxidation sites excluding steroid dienone is 2. The minimum atomic E-state index is -0.241. The highest BCUT2D eigenvalue weighted by molar-refractivity contribution is 6.21. The fourth-order valence-electron chi connectivity index (χ4n) is 4.97. The highest BCUT2D eigenvalue weighted by Gasteiger charge is 2.34. The molecule has 10 heteroatoms. The molecule has 2 aliphatic rings. The first kappa shape index (κ1) is 26.7. The number of carbonyl (C=O) groups is 2. The maximum absolute atomic E-state index is 12.7. The fraction of sp³-hybridized carbons (Fsp3) is 0.188. The lowest BCUT2D eigenvalue weighted by atomic mass is 10.1. The second-order valence-corrected chi connectivity index (χ2v) is 9.85. The van der Waals surface area contributed by atoms with Crippen LogP contribution in [0.4, 0.5) is 11.5 Å². The van der Waals surface area contributed by atoms with E-state index < -0.39 is 0 Å². The third-order valence-electron chi connectivity index (χ3n) is 7.21. The van der Waals surface area contributed by atoms with E-state index in [1.54, 1.807) is 44.7 Å². The fourth-order valence-corrected chi connectivity index (χ4v) is 4.97. The van der Waals surface area contributed by atoms with Gasteiger partial charge in [-0.2, -0.15) is 0 Å². The molecule has 2 aliphatic heterocycles. The van der Waals surface area contributed by atoms with Crippen LogP contribution in [0, 0.1) is 6.92 Å². The molecule has 0 bridgehead atoms. The van der Waals surface area contributed by atoms with Gasteiger partial charge in [0.25, 0.3) is 11.8 Å². The molecular formula is C32H28N6O4. The van der Waals surface area contributed by atoms with E-state index in [1.165, 1.54) is 4.90 Å². The second-order valence-electron chi connectivity index (χ2n) is 9.85. The summed E-state index contributed by atoms with van der Waals surface area (Å²) in [5, 5.41) is 3.34. The first-order valence-electron chi connectivity index (χ1n) is 13.4. The van der Waals surface area contributed by atoms with Gasteiger partial charge in [-0.1, -0.05) is 12.1 Å². The molecule has 4 heterocycles. The number of carbonyl (C=O) groups excluding carboxylic acids is 2. The Morgan fingerprint density at radius 1 is 0.952 bits per heavy atom. The third-order valence-corrected chi connectivity index (χ3v) is 7.21. The molecule has 42 heavy (non-hydrogen) atoms. The van der Waals surface area contributed by atoms with Gasteiger partial charge in [0.2, 0.25) is 0 Å². The molecular weight excluding hydrogens is 532 g/mol. The smallest absolute Gasteiger partial charge is 0.261 e. The van der Waals surface area contributed by atoms with Crippen molar-refractivity contribution in [1.82, 2.24) is 24.8 Å². The van der Waals surface area contributed by atoms with Crippen LogP contribution in [0.5, 0.6) is 11.5 Å². The Morgan fingerprint density at radius 3 is 2.48 bits per heavy atom. The molecule has 1 N–H and O–H groups in total. The van der Waals surface area contributed by atoms with Gasteiger partial charge in [0, 0.05) is 54.4 Å². The minimum Gasteiger partial charge on any atom is -0.497 e. The molecule has 2 aromatic heterocycles. The predicted octanol–water partition coefficient (Wildman–Crippen LogP) is 5.11. The lowest BCUT2D eigenvalue weighted by Gasteiger charge is -2.20. The van der Waals surface area contributed by atoms with Crippen LogP contribution in [0.2, 0.25) is 0 Å².